The Morgan fingerprint density at radius 1 is 1.50 bits per heavy atom. The standard InChI is InChI=1S/C8H16BrNO2/c1-8(2,3)10(7(11)12)6-4-5-9/h4-6H2,1-3H3,(H,11,12). The lowest BCUT2D eigenvalue weighted by Crippen LogP contribution is -2.45. The Balaban J connectivity index is 4.15. The van der Waals surface area contributed by atoms with Gasteiger partial charge in [-0.1, -0.05) is 15.9 Å². The highest BCUT2D eigenvalue weighted by Gasteiger charge is 2.24. The van der Waals surface area contributed by atoms with Crippen LogP contribution in [0.2, 0.25) is 0 Å². The van der Waals surface area contributed by atoms with Crippen LogP contribution in [0.4, 0.5) is 4.79 Å². The van der Waals surface area contributed by atoms with Gasteiger partial charge in [-0.15, -0.1) is 0 Å². The third-order valence-corrected chi connectivity index (χ3v) is 2.12. The normalized spacial score (nSPS) is 11.3. The summed E-state index contributed by atoms with van der Waals surface area (Å²) >= 11 is 3.27. The summed E-state index contributed by atoms with van der Waals surface area (Å²) in [4.78, 5) is 12.2. The third-order valence-electron chi connectivity index (χ3n) is 1.56. The number of hydrogen-bond acceptors (Lipinski definition) is 1. The van der Waals surface area contributed by atoms with Crippen LogP contribution >= 0.6 is 15.9 Å². The van der Waals surface area contributed by atoms with E-state index in [1.807, 2.05) is 20.8 Å². The van der Waals surface area contributed by atoms with E-state index < -0.39 is 6.09 Å². The molecule has 1 N–H and O–H groups in total. The van der Waals surface area contributed by atoms with E-state index >= 15 is 0 Å². The minimum absolute atomic E-state index is 0.298. The van der Waals surface area contributed by atoms with Gasteiger partial charge < -0.3 is 10.0 Å². The molecule has 0 fully saturated rings. The molecule has 12 heavy (non-hydrogen) atoms. The van der Waals surface area contributed by atoms with E-state index in [0.29, 0.717) is 6.54 Å². The maximum absolute atomic E-state index is 10.8. The van der Waals surface area contributed by atoms with Gasteiger partial charge in [0.15, 0.2) is 0 Å². The Hall–Kier alpha value is -0.250. The van der Waals surface area contributed by atoms with Gasteiger partial charge in [-0.3, -0.25) is 0 Å². The first-order chi connectivity index (χ1) is 5.39. The van der Waals surface area contributed by atoms with Crippen molar-refractivity contribution in [1.82, 2.24) is 4.90 Å². The van der Waals surface area contributed by atoms with Crippen molar-refractivity contribution >= 4 is 22.0 Å². The smallest absolute Gasteiger partial charge is 0.407 e. The van der Waals surface area contributed by atoms with Crippen LogP contribution in [0.5, 0.6) is 0 Å². The van der Waals surface area contributed by atoms with Crippen LogP contribution < -0.4 is 0 Å². The second-order valence-corrected chi connectivity index (χ2v) is 4.44. The molecule has 72 valence electrons. The highest BCUT2D eigenvalue weighted by Crippen LogP contribution is 2.13. The summed E-state index contributed by atoms with van der Waals surface area (Å²) < 4.78 is 0. The average molecular weight is 238 g/mol. The van der Waals surface area contributed by atoms with Gasteiger partial charge in [-0.25, -0.2) is 4.79 Å². The molecule has 3 nitrogen and oxygen atoms in total. The van der Waals surface area contributed by atoms with Crippen molar-refractivity contribution in [1.29, 1.82) is 0 Å². The van der Waals surface area contributed by atoms with Gasteiger partial charge in [-0.2, -0.15) is 0 Å². The Labute approximate surface area is 81.9 Å². The summed E-state index contributed by atoms with van der Waals surface area (Å²) in [6.07, 6.45) is 0.00674. The van der Waals surface area contributed by atoms with E-state index in [-0.39, 0.29) is 5.54 Å². The zero-order valence-electron chi connectivity index (χ0n) is 7.80. The number of hydrogen-bond donors (Lipinski definition) is 1. The quantitative estimate of drug-likeness (QED) is 0.767. The molecule has 0 radical (unpaired) electrons. The van der Waals surface area contributed by atoms with E-state index in [2.05, 4.69) is 15.9 Å². The van der Waals surface area contributed by atoms with E-state index in [0.717, 1.165) is 11.8 Å². The minimum atomic E-state index is -0.844. The topological polar surface area (TPSA) is 40.5 Å². The number of amides is 1. The van der Waals surface area contributed by atoms with Gasteiger partial charge in [-0.05, 0) is 27.2 Å². The SMILES string of the molecule is CC(C)(C)N(CCCBr)C(=O)O. The average Bonchev–Trinajstić information content (AvgIpc) is 1.84. The Morgan fingerprint density at radius 3 is 2.25 bits per heavy atom. The summed E-state index contributed by atoms with van der Waals surface area (Å²) in [5, 5.41) is 9.69. The predicted octanol–water partition coefficient (Wildman–Crippen LogP) is 2.55. The second-order valence-electron chi connectivity index (χ2n) is 3.65. The zero-order chi connectivity index (χ0) is 9.78. The molecule has 0 rings (SSSR count). The number of carbonyl (C=O) groups is 1. The van der Waals surface area contributed by atoms with Crippen LogP contribution in [-0.2, 0) is 0 Å². The lowest BCUT2D eigenvalue weighted by Gasteiger charge is -2.32. The number of carboxylic acid groups (broad SMARTS) is 1. The molecule has 4 heteroatoms. The maximum atomic E-state index is 10.8. The molecule has 0 atom stereocenters. The first-order valence-corrected chi connectivity index (χ1v) is 5.08. The third kappa shape index (κ3) is 3.95. The highest BCUT2D eigenvalue weighted by molar-refractivity contribution is 9.09. The predicted molar refractivity (Wildman–Crippen MR) is 52.9 cm³/mol. The van der Waals surface area contributed by atoms with Crippen LogP contribution in [0.1, 0.15) is 27.2 Å². The minimum Gasteiger partial charge on any atom is -0.465 e. The van der Waals surface area contributed by atoms with Gasteiger partial charge in [0.1, 0.15) is 0 Å². The van der Waals surface area contributed by atoms with E-state index in [1.165, 1.54) is 4.90 Å². The van der Waals surface area contributed by atoms with Crippen molar-refractivity contribution in [2.45, 2.75) is 32.7 Å². The fraction of sp³-hybridized carbons (Fsp3) is 0.875. The first kappa shape index (κ1) is 11.8. The van der Waals surface area contributed by atoms with Gasteiger partial charge in [0.05, 0.1) is 0 Å². The van der Waals surface area contributed by atoms with Crippen LogP contribution in [0.15, 0.2) is 0 Å². The lowest BCUT2D eigenvalue weighted by molar-refractivity contribution is 0.101. The molecule has 1 amide bonds. The van der Waals surface area contributed by atoms with Crippen molar-refractivity contribution in [2.75, 3.05) is 11.9 Å². The van der Waals surface area contributed by atoms with Gasteiger partial charge in [0.25, 0.3) is 0 Å². The molecule has 0 saturated heterocycles. The first-order valence-electron chi connectivity index (χ1n) is 3.96. The molecule has 0 aromatic rings. The van der Waals surface area contributed by atoms with Gasteiger partial charge in [0.2, 0.25) is 0 Å². The van der Waals surface area contributed by atoms with Crippen molar-refractivity contribution in [2.24, 2.45) is 0 Å². The zero-order valence-corrected chi connectivity index (χ0v) is 9.39. The van der Waals surface area contributed by atoms with Crippen molar-refractivity contribution in [3.8, 4) is 0 Å². The molecule has 0 aliphatic heterocycles. The van der Waals surface area contributed by atoms with Crippen LogP contribution in [0.25, 0.3) is 0 Å². The summed E-state index contributed by atoms with van der Waals surface area (Å²) in [6, 6.07) is 0. The summed E-state index contributed by atoms with van der Waals surface area (Å²) in [6.45, 7) is 6.28. The number of rotatable bonds is 3. The number of halogens is 1. The van der Waals surface area contributed by atoms with Gasteiger partial charge in [0, 0.05) is 17.4 Å². The molecule has 0 heterocycles. The Bertz CT molecular complexity index is 154. The van der Waals surface area contributed by atoms with Crippen LogP contribution in [0.3, 0.4) is 0 Å². The lowest BCUT2D eigenvalue weighted by atomic mass is 10.1. The van der Waals surface area contributed by atoms with Crippen molar-refractivity contribution in [3.05, 3.63) is 0 Å². The Kier molecular flexibility index (Phi) is 4.60. The molecule has 0 aliphatic carbocycles. The number of nitrogens with zero attached hydrogens (tertiary/aromatic N) is 1. The van der Waals surface area contributed by atoms with Crippen LogP contribution in [-0.4, -0.2) is 33.5 Å². The monoisotopic (exact) mass is 237 g/mol. The second kappa shape index (κ2) is 4.70. The van der Waals surface area contributed by atoms with Crippen LogP contribution in [0, 0.1) is 0 Å². The van der Waals surface area contributed by atoms with Crippen molar-refractivity contribution in [3.63, 3.8) is 0 Å². The van der Waals surface area contributed by atoms with E-state index in [1.54, 1.807) is 0 Å². The summed E-state index contributed by atoms with van der Waals surface area (Å²) in [7, 11) is 0. The highest BCUT2D eigenvalue weighted by atomic mass is 79.9. The molecule has 0 unspecified atom stereocenters. The molecular weight excluding hydrogens is 222 g/mol. The summed E-state index contributed by atoms with van der Waals surface area (Å²) in [5.74, 6) is 0. The fourth-order valence-electron chi connectivity index (χ4n) is 0.936. The molecule has 0 saturated carbocycles. The molecule has 0 aromatic carbocycles. The molecule has 0 spiro atoms. The Morgan fingerprint density at radius 2 is 2.00 bits per heavy atom. The fourth-order valence-corrected chi connectivity index (χ4v) is 1.19. The molecule has 0 aromatic heterocycles. The molecule has 0 aliphatic rings. The molecular formula is C8H16BrNO2. The van der Waals surface area contributed by atoms with E-state index in [4.69, 9.17) is 5.11 Å². The van der Waals surface area contributed by atoms with Gasteiger partial charge >= 0.3 is 6.09 Å². The number of alkyl halides is 1. The summed E-state index contributed by atoms with van der Waals surface area (Å²) in [5.41, 5.74) is -0.298. The maximum Gasteiger partial charge on any atom is 0.407 e. The molecule has 0 bridgehead atoms. The largest absolute Gasteiger partial charge is 0.465 e. The van der Waals surface area contributed by atoms with Crippen molar-refractivity contribution < 1.29 is 9.90 Å². The van der Waals surface area contributed by atoms with E-state index in [9.17, 15) is 4.79 Å².